The number of para-hydroxylation sites is 2. The fourth-order valence-electron chi connectivity index (χ4n) is 3.92. The van der Waals surface area contributed by atoms with E-state index in [1.165, 1.54) is 5.56 Å². The van der Waals surface area contributed by atoms with Crippen molar-refractivity contribution in [2.75, 3.05) is 13.1 Å². The van der Waals surface area contributed by atoms with Crippen LogP contribution in [0.25, 0.3) is 11.0 Å². The monoisotopic (exact) mass is 377 g/mol. The highest BCUT2D eigenvalue weighted by molar-refractivity contribution is 5.81. The van der Waals surface area contributed by atoms with Crippen molar-refractivity contribution in [3.63, 3.8) is 0 Å². The molecule has 2 aromatic carbocycles. The number of benzene rings is 2. The van der Waals surface area contributed by atoms with Gasteiger partial charge in [-0.25, -0.2) is 4.98 Å². The van der Waals surface area contributed by atoms with E-state index in [1.54, 1.807) is 0 Å². The average Bonchev–Trinajstić information content (AvgIpc) is 3.15. The number of nitrogens with zero attached hydrogens (tertiary/aromatic N) is 2. The lowest BCUT2D eigenvalue weighted by molar-refractivity contribution is -0.139. The molecule has 1 N–H and O–H groups in total. The summed E-state index contributed by atoms with van der Waals surface area (Å²) in [6, 6.07) is 14.0. The van der Waals surface area contributed by atoms with Gasteiger partial charge in [-0.1, -0.05) is 24.3 Å². The molecular weight excluding hydrogens is 350 g/mol. The number of carbonyl (C=O) groups is 1. The number of nitrogens with one attached hydrogen (secondary N) is 1. The van der Waals surface area contributed by atoms with E-state index in [2.05, 4.69) is 18.0 Å². The lowest BCUT2D eigenvalue weighted by Gasteiger charge is -2.33. The summed E-state index contributed by atoms with van der Waals surface area (Å²) in [5, 5.41) is 0. The number of aromatic nitrogens is 2. The van der Waals surface area contributed by atoms with Gasteiger partial charge in [-0.05, 0) is 62.9 Å². The SMILES string of the molecule is Cc1cccc(O[C@@H](C)C(=O)N2CCC[C@@H](c3nc4ccccc4[nH]3)C2)c1C. The van der Waals surface area contributed by atoms with Crippen LogP contribution in [-0.4, -0.2) is 40.0 Å². The fourth-order valence-corrected chi connectivity index (χ4v) is 3.92. The van der Waals surface area contributed by atoms with E-state index in [0.717, 1.165) is 47.6 Å². The number of amides is 1. The molecular formula is C23H27N3O2. The van der Waals surface area contributed by atoms with E-state index in [1.807, 2.05) is 55.1 Å². The smallest absolute Gasteiger partial charge is 0.263 e. The second-order valence-electron chi connectivity index (χ2n) is 7.72. The molecule has 1 aliphatic heterocycles. The van der Waals surface area contributed by atoms with Gasteiger partial charge >= 0.3 is 0 Å². The zero-order valence-corrected chi connectivity index (χ0v) is 16.7. The first kappa shape index (κ1) is 18.5. The van der Waals surface area contributed by atoms with Gasteiger partial charge in [0.05, 0.1) is 11.0 Å². The summed E-state index contributed by atoms with van der Waals surface area (Å²) < 4.78 is 6.02. The lowest BCUT2D eigenvalue weighted by atomic mass is 9.97. The minimum Gasteiger partial charge on any atom is -0.481 e. The van der Waals surface area contributed by atoms with Crippen molar-refractivity contribution in [1.29, 1.82) is 0 Å². The molecule has 1 amide bonds. The first-order valence-electron chi connectivity index (χ1n) is 9.99. The van der Waals surface area contributed by atoms with Crippen LogP contribution in [0.3, 0.4) is 0 Å². The third kappa shape index (κ3) is 3.61. The molecule has 0 saturated carbocycles. The maximum absolute atomic E-state index is 13.0. The Bertz CT molecular complexity index is 961. The number of carbonyl (C=O) groups excluding carboxylic acids is 1. The third-order valence-electron chi connectivity index (χ3n) is 5.73. The number of aromatic amines is 1. The molecule has 1 saturated heterocycles. The van der Waals surface area contributed by atoms with E-state index in [9.17, 15) is 4.79 Å². The van der Waals surface area contributed by atoms with Gasteiger partial charge in [0.15, 0.2) is 6.10 Å². The van der Waals surface area contributed by atoms with Crippen LogP contribution >= 0.6 is 0 Å². The standard InChI is InChI=1S/C23H27N3O2/c1-15-8-6-12-21(16(15)2)28-17(3)23(27)26-13-7-9-18(14-26)22-24-19-10-4-5-11-20(19)25-22/h4-6,8,10-12,17-18H,7,9,13-14H2,1-3H3,(H,24,25)/t17-,18+/m0/s1. The van der Waals surface area contributed by atoms with Crippen LogP contribution in [0.5, 0.6) is 5.75 Å². The summed E-state index contributed by atoms with van der Waals surface area (Å²) in [4.78, 5) is 23.1. The molecule has 0 aliphatic carbocycles. The van der Waals surface area contributed by atoms with Crippen LogP contribution in [0.4, 0.5) is 0 Å². The molecule has 1 aromatic heterocycles. The number of piperidine rings is 1. The topological polar surface area (TPSA) is 58.2 Å². The number of hydrogen-bond donors (Lipinski definition) is 1. The minimum absolute atomic E-state index is 0.0433. The first-order chi connectivity index (χ1) is 13.5. The van der Waals surface area contributed by atoms with Gasteiger partial charge in [0.2, 0.25) is 0 Å². The Labute approximate surface area is 165 Å². The van der Waals surface area contributed by atoms with Crippen molar-refractivity contribution in [2.45, 2.75) is 45.6 Å². The predicted molar refractivity (Wildman–Crippen MR) is 111 cm³/mol. The molecule has 1 fully saturated rings. The fraction of sp³-hybridized carbons (Fsp3) is 0.391. The Kier molecular flexibility index (Phi) is 5.07. The molecule has 0 radical (unpaired) electrons. The first-order valence-corrected chi connectivity index (χ1v) is 9.99. The molecule has 0 bridgehead atoms. The third-order valence-corrected chi connectivity index (χ3v) is 5.73. The number of H-pyrrole nitrogens is 1. The summed E-state index contributed by atoms with van der Waals surface area (Å²) in [6.07, 6.45) is 1.51. The number of aryl methyl sites for hydroxylation is 1. The zero-order chi connectivity index (χ0) is 19.7. The quantitative estimate of drug-likeness (QED) is 0.735. The molecule has 0 spiro atoms. The van der Waals surface area contributed by atoms with E-state index >= 15 is 0 Å². The van der Waals surface area contributed by atoms with Gasteiger partial charge in [0.25, 0.3) is 5.91 Å². The maximum Gasteiger partial charge on any atom is 0.263 e. The van der Waals surface area contributed by atoms with E-state index < -0.39 is 6.10 Å². The van der Waals surface area contributed by atoms with Crippen LogP contribution < -0.4 is 4.74 Å². The van der Waals surface area contributed by atoms with Crippen LogP contribution in [0.15, 0.2) is 42.5 Å². The van der Waals surface area contributed by atoms with Crippen LogP contribution in [-0.2, 0) is 4.79 Å². The predicted octanol–water partition coefficient (Wildman–Crippen LogP) is 4.35. The molecule has 1 aliphatic rings. The molecule has 2 heterocycles. The Morgan fingerprint density at radius 3 is 2.86 bits per heavy atom. The second kappa shape index (κ2) is 7.66. The molecule has 146 valence electrons. The van der Waals surface area contributed by atoms with Gasteiger partial charge < -0.3 is 14.6 Å². The van der Waals surface area contributed by atoms with Gasteiger partial charge in [0.1, 0.15) is 11.6 Å². The molecule has 2 atom stereocenters. The van der Waals surface area contributed by atoms with Crippen molar-refractivity contribution in [2.24, 2.45) is 0 Å². The number of fused-ring (bicyclic) bond motifs is 1. The maximum atomic E-state index is 13.0. The zero-order valence-electron chi connectivity index (χ0n) is 16.7. The van der Waals surface area contributed by atoms with E-state index in [-0.39, 0.29) is 11.8 Å². The minimum atomic E-state index is -0.505. The molecule has 5 heteroatoms. The largest absolute Gasteiger partial charge is 0.481 e. The molecule has 28 heavy (non-hydrogen) atoms. The van der Waals surface area contributed by atoms with Crippen molar-refractivity contribution in [1.82, 2.24) is 14.9 Å². The van der Waals surface area contributed by atoms with Gasteiger partial charge in [-0.2, -0.15) is 0 Å². The Morgan fingerprint density at radius 1 is 1.21 bits per heavy atom. The van der Waals surface area contributed by atoms with E-state index in [4.69, 9.17) is 9.72 Å². The Hall–Kier alpha value is -2.82. The molecule has 5 nitrogen and oxygen atoms in total. The number of hydrogen-bond acceptors (Lipinski definition) is 3. The Morgan fingerprint density at radius 2 is 2.04 bits per heavy atom. The van der Waals surface area contributed by atoms with Crippen LogP contribution in [0.1, 0.15) is 42.6 Å². The summed E-state index contributed by atoms with van der Waals surface area (Å²) in [6.45, 7) is 7.38. The average molecular weight is 377 g/mol. The number of imidazole rings is 1. The normalized spacial score (nSPS) is 18.2. The number of likely N-dealkylation sites (tertiary alicyclic amines) is 1. The molecule has 0 unspecified atom stereocenters. The highest BCUT2D eigenvalue weighted by Crippen LogP contribution is 2.28. The molecule has 4 rings (SSSR count). The summed E-state index contributed by atoms with van der Waals surface area (Å²) in [7, 11) is 0. The summed E-state index contributed by atoms with van der Waals surface area (Å²) in [5.41, 5.74) is 4.28. The summed E-state index contributed by atoms with van der Waals surface area (Å²) in [5.74, 6) is 2.04. The molecule has 3 aromatic rings. The van der Waals surface area contributed by atoms with Crippen molar-refractivity contribution in [3.05, 3.63) is 59.4 Å². The highest BCUT2D eigenvalue weighted by atomic mass is 16.5. The number of ether oxygens (including phenoxy) is 1. The Balaban J connectivity index is 1.46. The van der Waals surface area contributed by atoms with Crippen molar-refractivity contribution >= 4 is 16.9 Å². The number of rotatable bonds is 4. The van der Waals surface area contributed by atoms with Crippen molar-refractivity contribution < 1.29 is 9.53 Å². The van der Waals surface area contributed by atoms with Crippen LogP contribution in [0.2, 0.25) is 0 Å². The van der Waals surface area contributed by atoms with E-state index in [0.29, 0.717) is 6.54 Å². The lowest BCUT2D eigenvalue weighted by Crippen LogP contribution is -2.45. The van der Waals surface area contributed by atoms with Crippen molar-refractivity contribution in [3.8, 4) is 5.75 Å². The van der Waals surface area contributed by atoms with Gasteiger partial charge in [0, 0.05) is 19.0 Å². The summed E-state index contributed by atoms with van der Waals surface area (Å²) >= 11 is 0. The van der Waals surface area contributed by atoms with Gasteiger partial charge in [-0.3, -0.25) is 4.79 Å². The second-order valence-corrected chi connectivity index (χ2v) is 7.72. The highest BCUT2D eigenvalue weighted by Gasteiger charge is 2.30. The van der Waals surface area contributed by atoms with Crippen LogP contribution in [0, 0.1) is 13.8 Å². The van der Waals surface area contributed by atoms with Gasteiger partial charge in [-0.15, -0.1) is 0 Å².